The first-order chi connectivity index (χ1) is 14.1. The van der Waals surface area contributed by atoms with Crippen LogP contribution >= 0.6 is 0 Å². The van der Waals surface area contributed by atoms with Gasteiger partial charge < -0.3 is 5.32 Å². The van der Waals surface area contributed by atoms with E-state index >= 15 is 0 Å². The van der Waals surface area contributed by atoms with Gasteiger partial charge in [-0.25, -0.2) is 21.1 Å². The predicted octanol–water partition coefficient (Wildman–Crippen LogP) is 2.51. The Hall–Kier alpha value is -2.23. The second kappa shape index (κ2) is 8.87. The number of rotatable bonds is 7. The number of carbonyl (C=O) groups excluding carboxylic acids is 1. The van der Waals surface area contributed by atoms with Crippen LogP contribution in [-0.4, -0.2) is 46.4 Å². The van der Waals surface area contributed by atoms with E-state index in [1.807, 2.05) is 6.92 Å². The molecule has 1 saturated heterocycles. The van der Waals surface area contributed by atoms with Crippen LogP contribution in [0.25, 0.3) is 0 Å². The molecule has 1 fully saturated rings. The Morgan fingerprint density at radius 1 is 0.967 bits per heavy atom. The molecular formula is C21H26N2O5S2. The van der Waals surface area contributed by atoms with Crippen LogP contribution in [0.1, 0.15) is 47.3 Å². The fraction of sp³-hybridized carbons (Fsp3) is 0.381. The topological polar surface area (TPSA) is 101 Å². The van der Waals surface area contributed by atoms with Crippen LogP contribution in [0.4, 0.5) is 0 Å². The van der Waals surface area contributed by atoms with Gasteiger partial charge in [0.2, 0.25) is 10.0 Å². The zero-order valence-corrected chi connectivity index (χ0v) is 18.7. The zero-order chi connectivity index (χ0) is 21.9. The molecule has 3 rings (SSSR count). The molecule has 30 heavy (non-hydrogen) atoms. The van der Waals surface area contributed by atoms with Gasteiger partial charge in [0.1, 0.15) is 0 Å². The van der Waals surface area contributed by atoms with E-state index in [0.29, 0.717) is 24.2 Å². The number of hydrogen-bond donors (Lipinski definition) is 1. The van der Waals surface area contributed by atoms with E-state index in [-0.39, 0.29) is 22.6 Å². The van der Waals surface area contributed by atoms with E-state index in [1.54, 1.807) is 36.4 Å². The molecule has 9 heteroatoms. The van der Waals surface area contributed by atoms with Crippen LogP contribution < -0.4 is 5.32 Å². The summed E-state index contributed by atoms with van der Waals surface area (Å²) in [4.78, 5) is 12.8. The molecule has 0 aromatic heterocycles. The standard InChI is InChI=1S/C21H26N2O5S2/c1-16(18-9-11-20(12-10-18)29(2,25)26)22-21(24)19-7-5-17(6-8-19)15-30(27,28)23-13-3-4-14-23/h5-12,16H,3-4,13-15H2,1-2H3,(H,22,24). The van der Waals surface area contributed by atoms with Crippen LogP contribution in [0.3, 0.4) is 0 Å². The third-order valence-corrected chi connectivity index (χ3v) is 8.16. The minimum absolute atomic E-state index is 0.0714. The first-order valence-electron chi connectivity index (χ1n) is 9.74. The Labute approximate surface area is 178 Å². The van der Waals surface area contributed by atoms with Gasteiger partial charge in [-0.15, -0.1) is 0 Å². The van der Waals surface area contributed by atoms with Crippen LogP contribution in [-0.2, 0) is 25.6 Å². The van der Waals surface area contributed by atoms with Gasteiger partial charge in [-0.2, -0.15) is 0 Å². The highest BCUT2D eigenvalue weighted by atomic mass is 32.2. The normalized spacial score (nSPS) is 16.3. The lowest BCUT2D eigenvalue weighted by atomic mass is 10.1. The molecule has 1 aliphatic heterocycles. The fourth-order valence-electron chi connectivity index (χ4n) is 3.39. The van der Waals surface area contributed by atoms with Crippen molar-refractivity contribution in [1.29, 1.82) is 0 Å². The zero-order valence-electron chi connectivity index (χ0n) is 17.0. The molecule has 2 aromatic carbocycles. The number of carbonyl (C=O) groups is 1. The lowest BCUT2D eigenvalue weighted by molar-refractivity contribution is 0.0940. The molecule has 0 spiro atoms. The van der Waals surface area contributed by atoms with Crippen molar-refractivity contribution in [3.63, 3.8) is 0 Å². The summed E-state index contributed by atoms with van der Waals surface area (Å²) >= 11 is 0. The molecule has 1 heterocycles. The van der Waals surface area contributed by atoms with E-state index in [1.165, 1.54) is 16.4 Å². The van der Waals surface area contributed by atoms with Crippen molar-refractivity contribution in [2.45, 2.75) is 36.5 Å². The van der Waals surface area contributed by atoms with E-state index in [2.05, 4.69) is 5.32 Å². The molecule has 1 aliphatic rings. The Morgan fingerprint density at radius 3 is 2.07 bits per heavy atom. The third kappa shape index (κ3) is 5.47. The Kier molecular flexibility index (Phi) is 6.64. The molecule has 7 nitrogen and oxygen atoms in total. The molecule has 1 amide bonds. The van der Waals surface area contributed by atoms with Crippen molar-refractivity contribution in [3.8, 4) is 0 Å². The summed E-state index contributed by atoms with van der Waals surface area (Å²) in [5.74, 6) is -0.360. The summed E-state index contributed by atoms with van der Waals surface area (Å²) in [6.45, 7) is 2.96. The van der Waals surface area contributed by atoms with Crippen molar-refractivity contribution in [3.05, 3.63) is 65.2 Å². The number of nitrogens with one attached hydrogen (secondary N) is 1. The monoisotopic (exact) mass is 450 g/mol. The predicted molar refractivity (Wildman–Crippen MR) is 115 cm³/mol. The highest BCUT2D eigenvalue weighted by Crippen LogP contribution is 2.19. The van der Waals surface area contributed by atoms with Crippen molar-refractivity contribution < 1.29 is 21.6 Å². The van der Waals surface area contributed by atoms with Crippen LogP contribution in [0.2, 0.25) is 0 Å². The number of sulfonamides is 1. The number of nitrogens with zero attached hydrogens (tertiary/aromatic N) is 1. The molecular weight excluding hydrogens is 424 g/mol. The maximum Gasteiger partial charge on any atom is 0.251 e. The smallest absolute Gasteiger partial charge is 0.251 e. The molecule has 162 valence electrons. The minimum atomic E-state index is -3.33. The van der Waals surface area contributed by atoms with Crippen molar-refractivity contribution in [2.24, 2.45) is 0 Å². The molecule has 0 radical (unpaired) electrons. The van der Waals surface area contributed by atoms with E-state index in [9.17, 15) is 21.6 Å². The van der Waals surface area contributed by atoms with Gasteiger partial charge in [0, 0.05) is 24.9 Å². The summed E-state index contributed by atoms with van der Waals surface area (Å²) in [5.41, 5.74) is 1.85. The maximum absolute atomic E-state index is 12.5. The molecule has 1 N–H and O–H groups in total. The average molecular weight is 451 g/mol. The second-order valence-electron chi connectivity index (χ2n) is 7.60. The lowest BCUT2D eigenvalue weighted by Gasteiger charge is -2.16. The minimum Gasteiger partial charge on any atom is -0.346 e. The van der Waals surface area contributed by atoms with Gasteiger partial charge in [-0.1, -0.05) is 24.3 Å². The van der Waals surface area contributed by atoms with Crippen LogP contribution in [0, 0.1) is 0 Å². The van der Waals surface area contributed by atoms with Crippen molar-refractivity contribution in [1.82, 2.24) is 9.62 Å². The fourth-order valence-corrected chi connectivity index (χ4v) is 5.63. The first kappa shape index (κ1) is 22.5. The van der Waals surface area contributed by atoms with Crippen molar-refractivity contribution >= 4 is 25.8 Å². The molecule has 0 bridgehead atoms. The second-order valence-corrected chi connectivity index (χ2v) is 11.6. The van der Waals surface area contributed by atoms with E-state index in [0.717, 1.165) is 24.7 Å². The summed E-state index contributed by atoms with van der Waals surface area (Å²) in [7, 11) is -6.59. The van der Waals surface area contributed by atoms with Crippen LogP contribution in [0.15, 0.2) is 53.4 Å². The van der Waals surface area contributed by atoms with Gasteiger partial charge >= 0.3 is 0 Å². The quantitative estimate of drug-likeness (QED) is 0.699. The van der Waals surface area contributed by atoms with Gasteiger partial charge in [-0.3, -0.25) is 4.79 Å². The highest BCUT2D eigenvalue weighted by molar-refractivity contribution is 7.90. The number of sulfone groups is 1. The first-order valence-corrected chi connectivity index (χ1v) is 13.2. The number of hydrogen-bond acceptors (Lipinski definition) is 5. The molecule has 0 saturated carbocycles. The summed E-state index contributed by atoms with van der Waals surface area (Å²) in [6.07, 6.45) is 2.94. The summed E-state index contributed by atoms with van der Waals surface area (Å²) in [5, 5.41) is 2.87. The Balaban J connectivity index is 1.63. The highest BCUT2D eigenvalue weighted by Gasteiger charge is 2.25. The van der Waals surface area contributed by atoms with Crippen molar-refractivity contribution in [2.75, 3.05) is 19.3 Å². The SMILES string of the molecule is CC(NC(=O)c1ccc(CS(=O)(=O)N2CCCC2)cc1)c1ccc(S(C)(=O)=O)cc1. The molecule has 0 aliphatic carbocycles. The van der Waals surface area contributed by atoms with Crippen LogP contribution in [0.5, 0.6) is 0 Å². The number of amides is 1. The molecule has 2 aromatic rings. The molecule has 1 unspecified atom stereocenters. The third-order valence-electron chi connectivity index (χ3n) is 5.18. The average Bonchev–Trinajstić information content (AvgIpc) is 3.23. The van der Waals surface area contributed by atoms with Gasteiger partial charge in [0.25, 0.3) is 5.91 Å². The summed E-state index contributed by atoms with van der Waals surface area (Å²) < 4.78 is 49.5. The number of benzene rings is 2. The maximum atomic E-state index is 12.5. The Bertz CT molecular complexity index is 1100. The van der Waals surface area contributed by atoms with Gasteiger partial charge in [0.15, 0.2) is 9.84 Å². The van der Waals surface area contributed by atoms with E-state index in [4.69, 9.17) is 0 Å². The van der Waals surface area contributed by atoms with E-state index < -0.39 is 19.9 Å². The van der Waals surface area contributed by atoms with Gasteiger partial charge in [0.05, 0.1) is 16.7 Å². The van der Waals surface area contributed by atoms with Gasteiger partial charge in [-0.05, 0) is 55.2 Å². The Morgan fingerprint density at radius 2 is 1.53 bits per heavy atom. The lowest BCUT2D eigenvalue weighted by Crippen LogP contribution is -2.29. The summed E-state index contributed by atoms with van der Waals surface area (Å²) in [6, 6.07) is 12.6. The largest absolute Gasteiger partial charge is 0.346 e. The molecule has 1 atom stereocenters.